The lowest BCUT2D eigenvalue weighted by atomic mass is 10.0. The van der Waals surface area contributed by atoms with Crippen LogP contribution in [0.15, 0.2) is 60.8 Å². The third-order valence-electron chi connectivity index (χ3n) is 12.5. The van der Waals surface area contributed by atoms with Gasteiger partial charge in [0, 0.05) is 6.42 Å². The van der Waals surface area contributed by atoms with Crippen LogP contribution in [0.5, 0.6) is 0 Å². The van der Waals surface area contributed by atoms with E-state index in [1.54, 1.807) is 6.08 Å². The summed E-state index contributed by atoms with van der Waals surface area (Å²) in [5.41, 5.74) is 0. The highest BCUT2D eigenvalue weighted by Crippen LogP contribution is 2.17. The standard InChI is InChI=1S/C58H107NO3/c1-3-5-7-9-11-13-15-17-19-21-23-25-26-27-28-29-30-31-32-34-35-37-39-41-43-45-47-49-51-53-57(61)56(55-60)59-58(62)54-52-50-48-46-44-42-40-38-36-33-24-22-20-18-16-14-12-10-8-6-4-2/h6,8,12,14,18,20,24,33,51,53,56-57,60-61H,3-5,7,9-11,13,15-17,19,21-23,25-32,34-50,52,54-55H2,1-2H3,(H,59,62)/b8-6-,14-12-,20-18-,33-24-,53-51+. The maximum absolute atomic E-state index is 12.5. The molecule has 0 saturated carbocycles. The van der Waals surface area contributed by atoms with E-state index in [0.717, 1.165) is 51.4 Å². The summed E-state index contributed by atoms with van der Waals surface area (Å²) in [4.78, 5) is 12.5. The molecule has 0 bridgehead atoms. The minimum Gasteiger partial charge on any atom is -0.394 e. The van der Waals surface area contributed by atoms with Crippen molar-refractivity contribution >= 4 is 5.91 Å². The van der Waals surface area contributed by atoms with Gasteiger partial charge in [-0.05, 0) is 57.8 Å². The number of allylic oxidation sites excluding steroid dienone is 9. The highest BCUT2D eigenvalue weighted by Gasteiger charge is 2.18. The van der Waals surface area contributed by atoms with Gasteiger partial charge in [-0.3, -0.25) is 4.79 Å². The smallest absolute Gasteiger partial charge is 0.220 e. The molecule has 3 N–H and O–H groups in total. The zero-order chi connectivity index (χ0) is 44.9. The molecule has 0 aromatic heterocycles. The average molecular weight is 866 g/mol. The van der Waals surface area contributed by atoms with E-state index in [1.165, 1.54) is 212 Å². The van der Waals surface area contributed by atoms with Crippen molar-refractivity contribution in [3.63, 3.8) is 0 Å². The molecule has 0 fully saturated rings. The summed E-state index contributed by atoms with van der Waals surface area (Å²) < 4.78 is 0. The van der Waals surface area contributed by atoms with Crippen molar-refractivity contribution in [1.82, 2.24) is 5.32 Å². The third-order valence-corrected chi connectivity index (χ3v) is 12.5. The first kappa shape index (κ1) is 60.1. The van der Waals surface area contributed by atoms with Gasteiger partial charge in [-0.25, -0.2) is 0 Å². The van der Waals surface area contributed by atoms with Crippen LogP contribution in [0.25, 0.3) is 0 Å². The maximum Gasteiger partial charge on any atom is 0.220 e. The molecule has 0 saturated heterocycles. The molecule has 62 heavy (non-hydrogen) atoms. The van der Waals surface area contributed by atoms with Crippen LogP contribution in [0.1, 0.15) is 284 Å². The number of hydrogen-bond acceptors (Lipinski definition) is 3. The van der Waals surface area contributed by atoms with Crippen LogP contribution in [0.3, 0.4) is 0 Å². The lowest BCUT2D eigenvalue weighted by molar-refractivity contribution is -0.123. The topological polar surface area (TPSA) is 69.6 Å². The summed E-state index contributed by atoms with van der Waals surface area (Å²) in [5, 5.41) is 23.2. The summed E-state index contributed by atoms with van der Waals surface area (Å²) in [6.07, 6.45) is 75.2. The fourth-order valence-corrected chi connectivity index (χ4v) is 8.35. The Morgan fingerprint density at radius 2 is 0.710 bits per heavy atom. The van der Waals surface area contributed by atoms with Gasteiger partial charge in [-0.1, -0.05) is 280 Å². The first-order valence-corrected chi connectivity index (χ1v) is 27.5. The normalized spacial score (nSPS) is 13.3. The Morgan fingerprint density at radius 3 is 1.06 bits per heavy atom. The van der Waals surface area contributed by atoms with E-state index in [2.05, 4.69) is 67.8 Å². The molecule has 0 heterocycles. The molecule has 4 nitrogen and oxygen atoms in total. The fourth-order valence-electron chi connectivity index (χ4n) is 8.35. The van der Waals surface area contributed by atoms with Crippen molar-refractivity contribution in [3.8, 4) is 0 Å². The predicted molar refractivity (Wildman–Crippen MR) is 276 cm³/mol. The van der Waals surface area contributed by atoms with Crippen LogP contribution in [0, 0.1) is 0 Å². The Kier molecular flexibility index (Phi) is 51.8. The lowest BCUT2D eigenvalue weighted by Crippen LogP contribution is -2.45. The van der Waals surface area contributed by atoms with Gasteiger partial charge in [0.25, 0.3) is 0 Å². The Hall–Kier alpha value is -1.91. The van der Waals surface area contributed by atoms with E-state index >= 15 is 0 Å². The van der Waals surface area contributed by atoms with Crippen molar-refractivity contribution < 1.29 is 15.0 Å². The van der Waals surface area contributed by atoms with E-state index in [0.29, 0.717) is 6.42 Å². The molecular formula is C58H107NO3. The van der Waals surface area contributed by atoms with Gasteiger partial charge in [0.2, 0.25) is 5.91 Å². The Morgan fingerprint density at radius 1 is 0.403 bits per heavy atom. The first-order chi connectivity index (χ1) is 30.7. The summed E-state index contributed by atoms with van der Waals surface area (Å²) in [6, 6.07) is -0.630. The zero-order valence-corrected chi connectivity index (χ0v) is 41.6. The van der Waals surface area contributed by atoms with Crippen molar-refractivity contribution in [2.24, 2.45) is 0 Å². The van der Waals surface area contributed by atoms with Gasteiger partial charge in [-0.15, -0.1) is 0 Å². The average Bonchev–Trinajstić information content (AvgIpc) is 3.28. The highest BCUT2D eigenvalue weighted by atomic mass is 16.3. The zero-order valence-electron chi connectivity index (χ0n) is 41.6. The number of aliphatic hydroxyl groups excluding tert-OH is 2. The molecule has 362 valence electrons. The van der Waals surface area contributed by atoms with E-state index < -0.39 is 12.1 Å². The third kappa shape index (κ3) is 49.1. The molecule has 0 aromatic rings. The second kappa shape index (κ2) is 53.4. The number of hydrogen-bond donors (Lipinski definition) is 3. The second-order valence-electron chi connectivity index (χ2n) is 18.6. The molecule has 2 unspecified atom stereocenters. The van der Waals surface area contributed by atoms with E-state index in [9.17, 15) is 15.0 Å². The van der Waals surface area contributed by atoms with E-state index in [4.69, 9.17) is 0 Å². The van der Waals surface area contributed by atoms with Crippen LogP contribution >= 0.6 is 0 Å². The molecule has 0 aliphatic carbocycles. The van der Waals surface area contributed by atoms with Crippen molar-refractivity contribution in [2.45, 2.75) is 296 Å². The number of amides is 1. The van der Waals surface area contributed by atoms with Gasteiger partial charge in [0.15, 0.2) is 0 Å². The molecule has 2 atom stereocenters. The molecule has 0 rings (SSSR count). The van der Waals surface area contributed by atoms with Gasteiger partial charge in [-0.2, -0.15) is 0 Å². The SMILES string of the molecule is CC/C=C\C/C=C\C/C=C\C/C=C\CCCCCCCCCCC(=O)NC(CO)C(O)/C=C/CCCCCCCCCCCCCCCCCCCCCCCCCCCCC. The van der Waals surface area contributed by atoms with E-state index in [-0.39, 0.29) is 12.5 Å². The highest BCUT2D eigenvalue weighted by molar-refractivity contribution is 5.76. The number of nitrogens with one attached hydrogen (secondary N) is 1. The molecule has 0 aromatic carbocycles. The molecule has 0 aliphatic heterocycles. The largest absolute Gasteiger partial charge is 0.394 e. The number of aliphatic hydroxyl groups is 2. The van der Waals surface area contributed by atoms with E-state index in [1.807, 2.05) is 6.08 Å². The minimum atomic E-state index is -0.847. The number of carbonyl (C=O) groups is 1. The second-order valence-corrected chi connectivity index (χ2v) is 18.6. The quantitative estimate of drug-likeness (QED) is 0.0421. The molecule has 4 heteroatoms. The van der Waals surface area contributed by atoms with Crippen LogP contribution in [0.4, 0.5) is 0 Å². The monoisotopic (exact) mass is 866 g/mol. The fraction of sp³-hybridized carbons (Fsp3) is 0.810. The van der Waals surface area contributed by atoms with Crippen molar-refractivity contribution in [3.05, 3.63) is 60.8 Å². The first-order valence-electron chi connectivity index (χ1n) is 27.5. The Labute approximate surface area is 387 Å². The van der Waals surface area contributed by atoms with Gasteiger partial charge in [0.05, 0.1) is 18.8 Å². The van der Waals surface area contributed by atoms with Crippen LogP contribution in [-0.4, -0.2) is 34.9 Å². The number of unbranched alkanes of at least 4 members (excludes halogenated alkanes) is 35. The van der Waals surface area contributed by atoms with Crippen LogP contribution in [-0.2, 0) is 4.79 Å². The molecule has 0 spiro atoms. The van der Waals surface area contributed by atoms with Crippen molar-refractivity contribution in [2.75, 3.05) is 6.61 Å². The summed E-state index contributed by atoms with van der Waals surface area (Å²) in [6.45, 7) is 4.21. The number of carbonyl (C=O) groups excluding carboxylic acids is 1. The number of rotatable bonds is 50. The molecule has 0 radical (unpaired) electrons. The van der Waals surface area contributed by atoms with Crippen LogP contribution in [0.2, 0.25) is 0 Å². The van der Waals surface area contributed by atoms with Gasteiger partial charge < -0.3 is 15.5 Å². The summed E-state index contributed by atoms with van der Waals surface area (Å²) in [5.74, 6) is -0.0714. The molecular weight excluding hydrogens is 759 g/mol. The minimum absolute atomic E-state index is 0.0714. The Balaban J connectivity index is 3.50. The predicted octanol–water partition coefficient (Wildman–Crippen LogP) is 18.0. The Bertz CT molecular complexity index is 1030. The summed E-state index contributed by atoms with van der Waals surface area (Å²) in [7, 11) is 0. The van der Waals surface area contributed by atoms with Gasteiger partial charge in [0.1, 0.15) is 0 Å². The molecule has 0 aliphatic rings. The van der Waals surface area contributed by atoms with Gasteiger partial charge >= 0.3 is 0 Å². The van der Waals surface area contributed by atoms with Crippen molar-refractivity contribution in [1.29, 1.82) is 0 Å². The lowest BCUT2D eigenvalue weighted by Gasteiger charge is -2.20. The maximum atomic E-state index is 12.5. The van der Waals surface area contributed by atoms with Crippen LogP contribution < -0.4 is 5.32 Å². The molecule has 1 amide bonds. The summed E-state index contributed by atoms with van der Waals surface area (Å²) >= 11 is 0.